The Morgan fingerprint density at radius 2 is 1.51 bits per heavy atom. The number of aliphatic hydroxyl groups is 1. The molecule has 3 aromatic rings. The highest BCUT2D eigenvalue weighted by atomic mass is 19.4. The molecule has 0 heterocycles. The van der Waals surface area contributed by atoms with Crippen molar-refractivity contribution in [3.05, 3.63) is 95.2 Å². The number of methoxy groups -OCH3 is 1. The van der Waals surface area contributed by atoms with Crippen LogP contribution in [-0.4, -0.2) is 50.2 Å². The number of amides is 2. The minimum absolute atomic E-state index is 0.0625. The summed E-state index contributed by atoms with van der Waals surface area (Å²) in [6.45, 7) is 0.0337. The first kappa shape index (κ1) is 29.1. The number of benzene rings is 3. The summed E-state index contributed by atoms with van der Waals surface area (Å²) in [5, 5.41) is 13.9. The molecule has 3 rings (SSSR count). The summed E-state index contributed by atoms with van der Waals surface area (Å²) in [7, 11) is 1.60. The lowest BCUT2D eigenvalue weighted by molar-refractivity contribution is -0.274. The van der Waals surface area contributed by atoms with Crippen molar-refractivity contribution in [2.24, 2.45) is 0 Å². The van der Waals surface area contributed by atoms with E-state index in [0.29, 0.717) is 24.3 Å². The molecule has 3 aromatic carbocycles. The predicted octanol–water partition coefficient (Wildman–Crippen LogP) is 4.09. The SMILES string of the molecule is COc1ccc(CCOc2ccc(C(=O)NC(=Cc3ccc(OC(F)(F)F)cc3)C(=O)NCCO)cc2)cc1. The number of hydrogen-bond acceptors (Lipinski definition) is 6. The van der Waals surface area contributed by atoms with E-state index < -0.39 is 23.9 Å². The van der Waals surface area contributed by atoms with Gasteiger partial charge in [-0.3, -0.25) is 9.59 Å². The van der Waals surface area contributed by atoms with Crippen LogP contribution in [0.15, 0.2) is 78.5 Å². The smallest absolute Gasteiger partial charge is 0.497 e. The van der Waals surface area contributed by atoms with Crippen LogP contribution in [-0.2, 0) is 11.2 Å². The van der Waals surface area contributed by atoms with E-state index in [1.807, 2.05) is 24.3 Å². The van der Waals surface area contributed by atoms with Crippen LogP contribution in [0.3, 0.4) is 0 Å². The summed E-state index contributed by atoms with van der Waals surface area (Å²) < 4.78 is 51.9. The van der Waals surface area contributed by atoms with E-state index in [0.717, 1.165) is 23.4 Å². The maximum atomic E-state index is 12.8. The molecular weight excluding hydrogens is 517 g/mol. The standard InChI is InChI=1S/C28H27F3N2O6/c1-37-22-8-2-19(3-9-22)14-17-38-23-12-6-21(7-13-23)26(35)33-25(27(36)32-15-16-34)18-20-4-10-24(11-5-20)39-28(29,30)31/h2-13,18,34H,14-17H2,1H3,(H,32,36)(H,33,35). The van der Waals surface area contributed by atoms with Gasteiger partial charge in [0.05, 0.1) is 20.3 Å². The van der Waals surface area contributed by atoms with Gasteiger partial charge in [0.1, 0.15) is 22.9 Å². The number of ether oxygens (including phenoxy) is 3. The van der Waals surface area contributed by atoms with Crippen molar-refractivity contribution in [2.75, 3.05) is 26.9 Å². The summed E-state index contributed by atoms with van der Waals surface area (Å²) in [6.07, 6.45) is -2.87. The maximum absolute atomic E-state index is 12.8. The maximum Gasteiger partial charge on any atom is 0.573 e. The van der Waals surface area contributed by atoms with E-state index in [1.54, 1.807) is 19.2 Å². The molecule has 0 aliphatic rings. The zero-order chi connectivity index (χ0) is 28.3. The van der Waals surface area contributed by atoms with Crippen LogP contribution in [0.1, 0.15) is 21.5 Å². The molecule has 0 unspecified atom stereocenters. The van der Waals surface area contributed by atoms with Crippen molar-refractivity contribution in [3.8, 4) is 17.2 Å². The zero-order valence-electron chi connectivity index (χ0n) is 21.0. The Bertz CT molecular complexity index is 1260. The van der Waals surface area contributed by atoms with E-state index in [2.05, 4.69) is 15.4 Å². The van der Waals surface area contributed by atoms with Crippen LogP contribution in [0.25, 0.3) is 6.08 Å². The summed E-state index contributed by atoms with van der Waals surface area (Å²) in [5.41, 5.74) is 1.48. The molecule has 11 heteroatoms. The third-order valence-corrected chi connectivity index (χ3v) is 5.25. The first-order valence-corrected chi connectivity index (χ1v) is 11.8. The molecule has 8 nitrogen and oxygen atoms in total. The predicted molar refractivity (Wildman–Crippen MR) is 137 cm³/mol. The number of carbonyl (C=O) groups excluding carboxylic acids is 2. The minimum atomic E-state index is -4.84. The Morgan fingerprint density at radius 3 is 2.10 bits per heavy atom. The van der Waals surface area contributed by atoms with Crippen LogP contribution < -0.4 is 24.8 Å². The summed E-state index contributed by atoms with van der Waals surface area (Å²) in [5.74, 6) is -0.390. The molecule has 0 aliphatic heterocycles. The second-order valence-electron chi connectivity index (χ2n) is 8.08. The highest BCUT2D eigenvalue weighted by Gasteiger charge is 2.31. The normalized spacial score (nSPS) is 11.5. The lowest BCUT2D eigenvalue weighted by atomic mass is 10.1. The second-order valence-corrected chi connectivity index (χ2v) is 8.08. The molecule has 0 saturated carbocycles. The van der Waals surface area contributed by atoms with Gasteiger partial charge in [-0.2, -0.15) is 0 Å². The fourth-order valence-electron chi connectivity index (χ4n) is 3.33. The molecule has 0 spiro atoms. The molecule has 0 saturated heterocycles. The van der Waals surface area contributed by atoms with Crippen LogP contribution >= 0.6 is 0 Å². The molecule has 0 fully saturated rings. The largest absolute Gasteiger partial charge is 0.573 e. The van der Waals surface area contributed by atoms with E-state index >= 15 is 0 Å². The van der Waals surface area contributed by atoms with Crippen LogP contribution in [0.2, 0.25) is 0 Å². The average Bonchev–Trinajstić information content (AvgIpc) is 2.92. The van der Waals surface area contributed by atoms with Crippen molar-refractivity contribution in [1.29, 1.82) is 0 Å². The van der Waals surface area contributed by atoms with Crippen LogP contribution in [0.4, 0.5) is 13.2 Å². The first-order chi connectivity index (χ1) is 18.7. The number of alkyl halides is 3. The molecule has 0 radical (unpaired) electrons. The molecule has 0 aliphatic carbocycles. The quantitative estimate of drug-likeness (QED) is 0.297. The highest BCUT2D eigenvalue weighted by Crippen LogP contribution is 2.23. The second kappa shape index (κ2) is 13.9. The van der Waals surface area contributed by atoms with Crippen molar-refractivity contribution < 1.29 is 42.1 Å². The van der Waals surface area contributed by atoms with Gasteiger partial charge in [0.25, 0.3) is 11.8 Å². The third-order valence-electron chi connectivity index (χ3n) is 5.25. The molecule has 0 aromatic heterocycles. The van der Waals surface area contributed by atoms with Crippen LogP contribution in [0, 0.1) is 0 Å². The average molecular weight is 545 g/mol. The van der Waals surface area contributed by atoms with Gasteiger partial charge < -0.3 is 30.0 Å². The van der Waals surface area contributed by atoms with Gasteiger partial charge in [-0.25, -0.2) is 0 Å². The first-order valence-electron chi connectivity index (χ1n) is 11.8. The summed E-state index contributed by atoms with van der Waals surface area (Å²) in [4.78, 5) is 25.4. The number of rotatable bonds is 12. The van der Waals surface area contributed by atoms with Gasteiger partial charge in [-0.05, 0) is 65.7 Å². The lowest BCUT2D eigenvalue weighted by Crippen LogP contribution is -2.36. The molecule has 39 heavy (non-hydrogen) atoms. The Labute approximate surface area is 223 Å². The van der Waals surface area contributed by atoms with E-state index in [-0.39, 0.29) is 24.4 Å². The fraction of sp³-hybridized carbons (Fsp3) is 0.214. The van der Waals surface area contributed by atoms with E-state index in [4.69, 9.17) is 14.6 Å². The number of halogens is 3. The van der Waals surface area contributed by atoms with Crippen molar-refractivity contribution in [3.63, 3.8) is 0 Å². The summed E-state index contributed by atoms with van der Waals surface area (Å²) in [6, 6.07) is 18.7. The van der Waals surface area contributed by atoms with Gasteiger partial charge in [0.15, 0.2) is 0 Å². The fourth-order valence-corrected chi connectivity index (χ4v) is 3.33. The monoisotopic (exact) mass is 544 g/mol. The van der Waals surface area contributed by atoms with Crippen LogP contribution in [0.5, 0.6) is 17.2 Å². The summed E-state index contributed by atoms with van der Waals surface area (Å²) >= 11 is 0. The number of carbonyl (C=O) groups is 2. The Balaban J connectivity index is 1.64. The van der Waals surface area contributed by atoms with Gasteiger partial charge in [0, 0.05) is 18.5 Å². The van der Waals surface area contributed by atoms with Gasteiger partial charge >= 0.3 is 6.36 Å². The Hall–Kier alpha value is -4.51. The molecule has 0 bridgehead atoms. The molecular formula is C28H27F3N2O6. The van der Waals surface area contributed by atoms with Crippen molar-refractivity contribution in [2.45, 2.75) is 12.8 Å². The van der Waals surface area contributed by atoms with Crippen molar-refractivity contribution >= 4 is 17.9 Å². The Kier molecular flexibility index (Phi) is 10.3. The lowest BCUT2D eigenvalue weighted by Gasteiger charge is -2.12. The molecule has 3 N–H and O–H groups in total. The van der Waals surface area contributed by atoms with Gasteiger partial charge in [0.2, 0.25) is 0 Å². The molecule has 0 atom stereocenters. The van der Waals surface area contributed by atoms with E-state index in [1.165, 1.54) is 30.3 Å². The number of aliphatic hydroxyl groups excluding tert-OH is 1. The zero-order valence-corrected chi connectivity index (χ0v) is 21.0. The number of hydrogen-bond donors (Lipinski definition) is 3. The highest BCUT2D eigenvalue weighted by molar-refractivity contribution is 6.05. The van der Waals surface area contributed by atoms with Crippen molar-refractivity contribution in [1.82, 2.24) is 10.6 Å². The molecule has 206 valence electrons. The number of nitrogens with one attached hydrogen (secondary N) is 2. The van der Waals surface area contributed by atoms with Gasteiger partial charge in [-0.1, -0.05) is 24.3 Å². The molecule has 2 amide bonds. The minimum Gasteiger partial charge on any atom is -0.497 e. The van der Waals surface area contributed by atoms with Gasteiger partial charge in [-0.15, -0.1) is 13.2 Å². The van der Waals surface area contributed by atoms with E-state index in [9.17, 15) is 22.8 Å². The third kappa shape index (κ3) is 9.71. The Morgan fingerprint density at radius 1 is 0.897 bits per heavy atom. The topological polar surface area (TPSA) is 106 Å².